The Labute approximate surface area is 71.1 Å². The van der Waals surface area contributed by atoms with Crippen molar-refractivity contribution in [1.29, 1.82) is 0 Å². The number of amides is 1. The number of β-amino-alcohol motifs (C(OH)–C–C–N with tert-alkyl or cyclic N) is 2. The van der Waals surface area contributed by atoms with Gasteiger partial charge in [-0.15, -0.1) is 0 Å². The van der Waals surface area contributed by atoms with Crippen LogP contribution in [0.2, 0.25) is 0 Å². The molecule has 2 N–H and O–H groups in total. The van der Waals surface area contributed by atoms with Gasteiger partial charge in [0.25, 0.3) is 0 Å². The molecule has 1 rings (SSSR count). The topological polar surface area (TPSA) is 60.8 Å². The predicted molar refractivity (Wildman–Crippen MR) is 43.4 cm³/mol. The Morgan fingerprint density at radius 2 is 1.92 bits per heavy atom. The van der Waals surface area contributed by atoms with Crippen LogP contribution in [0.1, 0.15) is 6.92 Å². The molecule has 1 amide bonds. The lowest BCUT2D eigenvalue weighted by atomic mass is 10.3. The van der Waals surface area contributed by atoms with Gasteiger partial charge in [-0.2, -0.15) is 0 Å². The van der Waals surface area contributed by atoms with E-state index in [1.807, 2.05) is 0 Å². The van der Waals surface area contributed by atoms with Gasteiger partial charge in [0, 0.05) is 13.1 Å². The number of nitrogens with zero attached hydrogens (tertiary/aromatic N) is 1. The number of hydrogen-bond acceptors (Lipinski definition) is 3. The molecule has 1 fully saturated rings. The predicted octanol–water partition coefficient (Wildman–Crippen LogP) is -0.874. The maximum atomic E-state index is 11.2. The second-order valence-electron chi connectivity index (χ2n) is 2.88. The van der Waals surface area contributed by atoms with Gasteiger partial charge in [0.15, 0.2) is 0 Å². The molecule has 0 unspecified atom stereocenters. The lowest BCUT2D eigenvalue weighted by molar-refractivity contribution is -0.125. The zero-order valence-electron chi connectivity index (χ0n) is 6.97. The SMILES string of the molecule is C/C=C/C(=O)N1C[C@@H](O)[C@@H](O)C1. The Balaban J connectivity index is 2.51. The first-order valence-corrected chi connectivity index (χ1v) is 3.93. The molecule has 4 nitrogen and oxygen atoms in total. The number of hydrogen-bond donors (Lipinski definition) is 2. The monoisotopic (exact) mass is 171 g/mol. The number of likely N-dealkylation sites (tertiary alicyclic amines) is 1. The van der Waals surface area contributed by atoms with Crippen molar-refractivity contribution in [3.05, 3.63) is 12.2 Å². The van der Waals surface area contributed by atoms with Gasteiger partial charge in [0.1, 0.15) is 0 Å². The van der Waals surface area contributed by atoms with Gasteiger partial charge in [0.05, 0.1) is 12.2 Å². The average Bonchev–Trinajstić information content (AvgIpc) is 2.33. The Kier molecular flexibility index (Phi) is 2.83. The smallest absolute Gasteiger partial charge is 0.246 e. The van der Waals surface area contributed by atoms with Crippen LogP contribution < -0.4 is 0 Å². The number of aliphatic hydroxyl groups is 2. The molecular weight excluding hydrogens is 158 g/mol. The van der Waals surface area contributed by atoms with E-state index < -0.39 is 12.2 Å². The summed E-state index contributed by atoms with van der Waals surface area (Å²) < 4.78 is 0. The molecule has 1 saturated heterocycles. The van der Waals surface area contributed by atoms with Gasteiger partial charge in [-0.3, -0.25) is 4.79 Å². The lowest BCUT2D eigenvalue weighted by Gasteiger charge is -2.11. The van der Waals surface area contributed by atoms with Crippen molar-refractivity contribution in [3.63, 3.8) is 0 Å². The molecule has 0 saturated carbocycles. The summed E-state index contributed by atoms with van der Waals surface area (Å²) in [5.74, 6) is -0.159. The molecule has 1 aliphatic rings. The maximum absolute atomic E-state index is 11.2. The molecule has 0 aromatic heterocycles. The molecule has 0 radical (unpaired) electrons. The number of carbonyl (C=O) groups is 1. The van der Waals surface area contributed by atoms with Gasteiger partial charge < -0.3 is 15.1 Å². The van der Waals surface area contributed by atoms with E-state index in [2.05, 4.69) is 0 Å². The van der Waals surface area contributed by atoms with Crippen molar-refractivity contribution in [2.75, 3.05) is 13.1 Å². The van der Waals surface area contributed by atoms with Crippen LogP contribution in [0, 0.1) is 0 Å². The molecule has 68 valence electrons. The van der Waals surface area contributed by atoms with Crippen LogP contribution in [0.4, 0.5) is 0 Å². The minimum Gasteiger partial charge on any atom is -0.388 e. The van der Waals surface area contributed by atoms with Gasteiger partial charge in [-0.05, 0) is 13.0 Å². The van der Waals surface area contributed by atoms with E-state index in [9.17, 15) is 4.79 Å². The van der Waals surface area contributed by atoms with Gasteiger partial charge >= 0.3 is 0 Å². The third kappa shape index (κ3) is 1.84. The van der Waals surface area contributed by atoms with E-state index in [1.54, 1.807) is 13.0 Å². The Bertz CT molecular complexity index is 192. The van der Waals surface area contributed by atoms with Gasteiger partial charge in [0.2, 0.25) is 5.91 Å². The number of aliphatic hydroxyl groups excluding tert-OH is 2. The van der Waals surface area contributed by atoms with E-state index in [4.69, 9.17) is 10.2 Å². The summed E-state index contributed by atoms with van der Waals surface area (Å²) in [6.07, 6.45) is 1.47. The summed E-state index contributed by atoms with van der Waals surface area (Å²) in [6.45, 7) is 2.20. The van der Waals surface area contributed by atoms with Gasteiger partial charge in [-0.1, -0.05) is 6.08 Å². The highest BCUT2D eigenvalue weighted by molar-refractivity contribution is 5.87. The first-order chi connectivity index (χ1) is 5.65. The molecule has 1 heterocycles. The maximum Gasteiger partial charge on any atom is 0.246 e. The van der Waals surface area contributed by atoms with Crippen LogP contribution in [0.25, 0.3) is 0 Å². The highest BCUT2D eigenvalue weighted by atomic mass is 16.3. The van der Waals surface area contributed by atoms with Crippen molar-refractivity contribution in [3.8, 4) is 0 Å². The molecule has 0 aromatic carbocycles. The summed E-state index contributed by atoms with van der Waals surface area (Å²) in [5.41, 5.74) is 0. The molecule has 0 aliphatic carbocycles. The van der Waals surface area contributed by atoms with E-state index in [1.165, 1.54) is 11.0 Å². The van der Waals surface area contributed by atoms with E-state index >= 15 is 0 Å². The van der Waals surface area contributed by atoms with Crippen LogP contribution in [0.5, 0.6) is 0 Å². The van der Waals surface area contributed by atoms with Crippen molar-refractivity contribution >= 4 is 5.91 Å². The van der Waals surface area contributed by atoms with Gasteiger partial charge in [-0.25, -0.2) is 0 Å². The third-order valence-electron chi connectivity index (χ3n) is 1.88. The number of carbonyl (C=O) groups excluding carboxylic acids is 1. The molecule has 0 spiro atoms. The largest absolute Gasteiger partial charge is 0.388 e. The van der Waals surface area contributed by atoms with Crippen molar-refractivity contribution in [2.45, 2.75) is 19.1 Å². The summed E-state index contributed by atoms with van der Waals surface area (Å²) >= 11 is 0. The van der Waals surface area contributed by atoms with E-state index in [-0.39, 0.29) is 19.0 Å². The second kappa shape index (κ2) is 3.69. The first kappa shape index (κ1) is 9.22. The van der Waals surface area contributed by atoms with Crippen molar-refractivity contribution < 1.29 is 15.0 Å². The van der Waals surface area contributed by atoms with Crippen LogP contribution in [-0.4, -0.2) is 46.3 Å². The molecule has 0 bridgehead atoms. The van der Waals surface area contributed by atoms with E-state index in [0.29, 0.717) is 0 Å². The summed E-state index contributed by atoms with van der Waals surface area (Å²) in [4.78, 5) is 12.6. The standard InChI is InChI=1S/C8H13NO3/c1-2-3-8(12)9-4-6(10)7(11)5-9/h2-3,6-7,10-11H,4-5H2,1H3/b3-2+/t6-,7+. The number of allylic oxidation sites excluding steroid dienone is 1. The minimum atomic E-state index is -0.792. The normalized spacial score (nSPS) is 30.1. The molecule has 0 aromatic rings. The fourth-order valence-corrected chi connectivity index (χ4v) is 1.20. The van der Waals surface area contributed by atoms with E-state index in [0.717, 1.165) is 0 Å². The highest BCUT2D eigenvalue weighted by Crippen LogP contribution is 2.09. The zero-order chi connectivity index (χ0) is 9.14. The quantitative estimate of drug-likeness (QED) is 0.504. The van der Waals surface area contributed by atoms with Crippen LogP contribution >= 0.6 is 0 Å². The molecule has 2 atom stereocenters. The Hall–Kier alpha value is -0.870. The molecule has 1 aliphatic heterocycles. The van der Waals surface area contributed by atoms with Crippen LogP contribution in [-0.2, 0) is 4.79 Å². The summed E-state index contributed by atoms with van der Waals surface area (Å²) in [5, 5.41) is 18.2. The number of rotatable bonds is 1. The fraction of sp³-hybridized carbons (Fsp3) is 0.625. The first-order valence-electron chi connectivity index (χ1n) is 3.93. The zero-order valence-corrected chi connectivity index (χ0v) is 6.97. The van der Waals surface area contributed by atoms with Crippen LogP contribution in [0.3, 0.4) is 0 Å². The molecule has 12 heavy (non-hydrogen) atoms. The van der Waals surface area contributed by atoms with Crippen molar-refractivity contribution in [2.24, 2.45) is 0 Å². The second-order valence-corrected chi connectivity index (χ2v) is 2.88. The van der Waals surface area contributed by atoms with Crippen LogP contribution in [0.15, 0.2) is 12.2 Å². The lowest BCUT2D eigenvalue weighted by Crippen LogP contribution is -2.27. The molecule has 4 heteroatoms. The Morgan fingerprint density at radius 1 is 1.42 bits per heavy atom. The summed E-state index contributed by atoms with van der Waals surface area (Å²) in [6, 6.07) is 0. The Morgan fingerprint density at radius 3 is 2.33 bits per heavy atom. The third-order valence-corrected chi connectivity index (χ3v) is 1.88. The average molecular weight is 171 g/mol. The fourth-order valence-electron chi connectivity index (χ4n) is 1.20. The minimum absolute atomic E-state index is 0.159. The van der Waals surface area contributed by atoms with Crippen molar-refractivity contribution in [1.82, 2.24) is 4.90 Å². The summed E-state index contributed by atoms with van der Waals surface area (Å²) in [7, 11) is 0. The molecular formula is C8H13NO3. The highest BCUT2D eigenvalue weighted by Gasteiger charge is 2.31.